The van der Waals surface area contributed by atoms with Gasteiger partial charge in [-0.25, -0.2) is 14.4 Å². The molecule has 11 nitrogen and oxygen atoms in total. The molecule has 1 aliphatic rings. The fourth-order valence-electron chi connectivity index (χ4n) is 4.46. The number of rotatable bonds is 10. The highest BCUT2D eigenvalue weighted by atomic mass is 19.1. The van der Waals surface area contributed by atoms with E-state index in [0.717, 1.165) is 0 Å². The van der Waals surface area contributed by atoms with Crippen LogP contribution in [-0.2, 0) is 11.3 Å². The van der Waals surface area contributed by atoms with E-state index in [9.17, 15) is 9.90 Å². The standard InChI is InChI=1S/C26H30FN7O4/c1-29-13-16(12-28)21-14-30-19-5-6-23(31-20-10-18(37-2)11-22(38-3)25(20)27)34(26(19)32-21)15-17-4-7-24(36)33(17)8-9-35/h5-6,10-14,17,28-29,35H,4,7-9,15H2,1-3H3/b16-13+,28-12?,31-23+. The number of amides is 1. The molecule has 1 aliphatic heterocycles. The first-order valence-electron chi connectivity index (χ1n) is 12.1. The van der Waals surface area contributed by atoms with Gasteiger partial charge in [-0.05, 0) is 18.6 Å². The van der Waals surface area contributed by atoms with E-state index in [1.807, 2.05) is 0 Å². The van der Waals surface area contributed by atoms with E-state index < -0.39 is 5.82 Å². The summed E-state index contributed by atoms with van der Waals surface area (Å²) in [5.74, 6) is -0.330. The van der Waals surface area contributed by atoms with Crippen molar-refractivity contribution in [3.05, 3.63) is 53.7 Å². The van der Waals surface area contributed by atoms with E-state index in [1.54, 1.807) is 41.0 Å². The number of aliphatic hydroxyl groups is 1. The predicted octanol–water partition coefficient (Wildman–Crippen LogP) is 2.01. The van der Waals surface area contributed by atoms with Crippen molar-refractivity contribution in [3.8, 4) is 11.5 Å². The molecule has 1 amide bonds. The third kappa shape index (κ3) is 5.35. The lowest BCUT2D eigenvalue weighted by Gasteiger charge is -2.25. The summed E-state index contributed by atoms with van der Waals surface area (Å²) in [4.78, 5) is 28.0. The van der Waals surface area contributed by atoms with Crippen LogP contribution in [0.2, 0.25) is 0 Å². The zero-order valence-electron chi connectivity index (χ0n) is 21.4. The number of benzene rings is 1. The van der Waals surface area contributed by atoms with Crippen molar-refractivity contribution in [2.45, 2.75) is 25.4 Å². The van der Waals surface area contributed by atoms with Gasteiger partial charge in [0.15, 0.2) is 17.2 Å². The smallest absolute Gasteiger partial charge is 0.223 e. The third-order valence-electron chi connectivity index (χ3n) is 6.33. The van der Waals surface area contributed by atoms with E-state index in [1.165, 1.54) is 32.6 Å². The van der Waals surface area contributed by atoms with Gasteiger partial charge in [-0.15, -0.1) is 0 Å². The summed E-state index contributed by atoms with van der Waals surface area (Å²) in [5, 5.41) is 20.2. The van der Waals surface area contributed by atoms with E-state index in [-0.39, 0.29) is 36.5 Å². The Morgan fingerprint density at radius 1 is 1.34 bits per heavy atom. The molecule has 3 aromatic rings. The van der Waals surface area contributed by atoms with E-state index in [2.05, 4.69) is 15.3 Å². The molecular formula is C26H30FN7O4. The number of likely N-dealkylation sites (tertiary alicyclic amines) is 1. The van der Waals surface area contributed by atoms with Gasteiger partial charge in [-0.2, -0.15) is 0 Å². The van der Waals surface area contributed by atoms with Crippen LogP contribution in [0.1, 0.15) is 18.5 Å². The number of nitrogens with zero attached hydrogens (tertiary/aromatic N) is 5. The van der Waals surface area contributed by atoms with Crippen LogP contribution in [0.15, 0.2) is 41.7 Å². The molecule has 1 unspecified atom stereocenters. The third-order valence-corrected chi connectivity index (χ3v) is 6.33. The number of ether oxygens (including phenoxy) is 2. The summed E-state index contributed by atoms with van der Waals surface area (Å²) in [6.45, 7) is 0.344. The molecule has 1 fully saturated rings. The number of β-amino-alcohol motifs (C(OH)–C–C–N with tert-alkyl or cyclic N) is 1. The Bertz CT molecular complexity index is 1450. The lowest BCUT2D eigenvalue weighted by molar-refractivity contribution is -0.129. The number of aliphatic hydroxyl groups excluding tert-OH is 1. The second-order valence-electron chi connectivity index (χ2n) is 8.58. The van der Waals surface area contributed by atoms with Gasteiger partial charge in [0.1, 0.15) is 22.4 Å². The quantitative estimate of drug-likeness (QED) is 0.346. The predicted molar refractivity (Wildman–Crippen MR) is 140 cm³/mol. The molecule has 4 rings (SSSR count). The maximum absolute atomic E-state index is 15.2. The highest BCUT2D eigenvalue weighted by Crippen LogP contribution is 2.32. The minimum Gasteiger partial charge on any atom is -0.497 e. The van der Waals surface area contributed by atoms with E-state index in [4.69, 9.17) is 19.9 Å². The van der Waals surface area contributed by atoms with Gasteiger partial charge in [0, 0.05) is 56.7 Å². The molecule has 1 atom stereocenters. The molecule has 1 aromatic carbocycles. The molecule has 0 spiro atoms. The molecule has 2 aromatic heterocycles. The zero-order chi connectivity index (χ0) is 27.2. The highest BCUT2D eigenvalue weighted by Gasteiger charge is 2.31. The number of hydrogen-bond donors (Lipinski definition) is 3. The number of pyridine rings is 1. The van der Waals surface area contributed by atoms with Gasteiger partial charge in [0.2, 0.25) is 5.91 Å². The Kier molecular flexibility index (Phi) is 8.31. The zero-order valence-corrected chi connectivity index (χ0v) is 21.4. The summed E-state index contributed by atoms with van der Waals surface area (Å²) < 4.78 is 27.4. The molecule has 0 radical (unpaired) electrons. The van der Waals surface area contributed by atoms with Gasteiger partial charge in [0.25, 0.3) is 0 Å². The Morgan fingerprint density at radius 2 is 2.16 bits per heavy atom. The fourth-order valence-corrected chi connectivity index (χ4v) is 4.46. The van der Waals surface area contributed by atoms with Crippen molar-refractivity contribution in [1.29, 1.82) is 5.41 Å². The van der Waals surface area contributed by atoms with Gasteiger partial charge in [-0.3, -0.25) is 9.78 Å². The van der Waals surface area contributed by atoms with Crippen LogP contribution in [0.5, 0.6) is 11.5 Å². The van der Waals surface area contributed by atoms with Crippen LogP contribution >= 0.6 is 0 Å². The van der Waals surface area contributed by atoms with Gasteiger partial charge in [0.05, 0.1) is 38.8 Å². The Hall–Kier alpha value is -4.32. The Balaban J connectivity index is 1.97. The van der Waals surface area contributed by atoms with Crippen LogP contribution < -0.4 is 20.3 Å². The van der Waals surface area contributed by atoms with Gasteiger partial charge in [-0.1, -0.05) is 0 Å². The Labute approximate surface area is 218 Å². The number of methoxy groups -OCH3 is 2. The molecule has 38 heavy (non-hydrogen) atoms. The molecule has 0 bridgehead atoms. The maximum Gasteiger partial charge on any atom is 0.223 e. The normalized spacial score (nSPS) is 16.3. The van der Waals surface area contributed by atoms with Crippen molar-refractivity contribution in [2.75, 3.05) is 34.4 Å². The van der Waals surface area contributed by atoms with Gasteiger partial charge < -0.3 is 34.8 Å². The average molecular weight is 524 g/mol. The van der Waals surface area contributed by atoms with Crippen LogP contribution in [0.25, 0.3) is 16.7 Å². The Morgan fingerprint density at radius 3 is 2.84 bits per heavy atom. The van der Waals surface area contributed by atoms with Crippen LogP contribution in [0.4, 0.5) is 10.1 Å². The first-order chi connectivity index (χ1) is 18.4. The van der Waals surface area contributed by atoms with Crippen molar-refractivity contribution < 1.29 is 23.8 Å². The highest BCUT2D eigenvalue weighted by molar-refractivity contribution is 6.07. The monoisotopic (exact) mass is 523 g/mol. The summed E-state index contributed by atoms with van der Waals surface area (Å²) >= 11 is 0. The number of nitrogens with one attached hydrogen (secondary N) is 2. The molecule has 3 heterocycles. The molecule has 200 valence electrons. The number of allylic oxidation sites excluding steroid dienone is 1. The first kappa shape index (κ1) is 26.7. The minimum atomic E-state index is -0.652. The molecule has 12 heteroatoms. The fraction of sp³-hybridized carbons (Fsp3) is 0.346. The van der Waals surface area contributed by atoms with Gasteiger partial charge >= 0.3 is 0 Å². The van der Waals surface area contributed by atoms with Crippen molar-refractivity contribution in [2.24, 2.45) is 4.99 Å². The number of aromatic nitrogens is 3. The number of halogens is 1. The number of hydrogen-bond acceptors (Lipinski definition) is 9. The molecule has 1 saturated heterocycles. The molecular weight excluding hydrogens is 493 g/mol. The topological polar surface area (TPSA) is 138 Å². The SMILES string of the molecule is CN/C=C(\C=N)c1cnc2cc/c(=N\c3cc(OC)cc(OC)c3F)n(CC3CCC(=O)N3CCO)c2n1. The van der Waals surface area contributed by atoms with Crippen molar-refractivity contribution in [1.82, 2.24) is 24.8 Å². The summed E-state index contributed by atoms with van der Waals surface area (Å²) in [6.07, 6.45) is 5.33. The number of carbonyl (C=O) groups is 1. The minimum absolute atomic E-state index is 0.00313. The lowest BCUT2D eigenvalue weighted by atomic mass is 10.2. The molecule has 0 aliphatic carbocycles. The number of fused-ring (bicyclic) bond motifs is 1. The number of carbonyl (C=O) groups excluding carboxylic acids is 1. The second kappa shape index (κ2) is 11.8. The van der Waals surface area contributed by atoms with Crippen molar-refractivity contribution >= 4 is 34.5 Å². The molecule has 3 N–H and O–H groups in total. The second-order valence-corrected chi connectivity index (χ2v) is 8.58. The largest absolute Gasteiger partial charge is 0.497 e. The van der Waals surface area contributed by atoms with Crippen LogP contribution in [0.3, 0.4) is 0 Å². The van der Waals surface area contributed by atoms with Crippen molar-refractivity contribution in [3.63, 3.8) is 0 Å². The first-order valence-corrected chi connectivity index (χ1v) is 12.1. The average Bonchev–Trinajstić information content (AvgIpc) is 3.28. The van der Waals surface area contributed by atoms with E-state index >= 15 is 4.39 Å². The maximum atomic E-state index is 15.2. The van der Waals surface area contributed by atoms with E-state index in [0.29, 0.717) is 53.1 Å². The summed E-state index contributed by atoms with van der Waals surface area (Å²) in [6, 6.07) is 6.10. The lowest BCUT2D eigenvalue weighted by Crippen LogP contribution is -2.40. The van der Waals surface area contributed by atoms with Crippen LogP contribution in [-0.4, -0.2) is 77.1 Å². The molecule has 0 saturated carbocycles. The van der Waals surface area contributed by atoms with Crippen LogP contribution in [0, 0.1) is 11.2 Å². The summed E-state index contributed by atoms with van der Waals surface area (Å²) in [7, 11) is 4.55. The summed E-state index contributed by atoms with van der Waals surface area (Å²) in [5.41, 5.74) is 2.35.